The number of phenols is 1. The van der Waals surface area contributed by atoms with Crippen molar-refractivity contribution in [2.24, 2.45) is 0 Å². The molecule has 1 amide bonds. The maximum atomic E-state index is 12.2. The Morgan fingerprint density at radius 2 is 2.00 bits per heavy atom. The quantitative estimate of drug-likeness (QED) is 0.588. The Morgan fingerprint density at radius 3 is 2.71 bits per heavy atom. The summed E-state index contributed by atoms with van der Waals surface area (Å²) in [4.78, 5) is 24.3. The van der Waals surface area contributed by atoms with Crippen molar-refractivity contribution >= 4 is 33.6 Å². The second kappa shape index (κ2) is 8.37. The molecule has 0 unspecified atom stereocenters. The van der Waals surface area contributed by atoms with Crippen LogP contribution in [0.1, 0.15) is 15.9 Å². The number of ether oxygens (including phenoxy) is 1. The molecule has 0 aliphatic heterocycles. The van der Waals surface area contributed by atoms with Crippen LogP contribution in [0.25, 0.3) is 5.69 Å². The molecule has 1 heterocycles. The number of amides is 1. The fraction of sp³-hybridized carbons (Fsp3) is 0.0526. The monoisotopic (exact) mass is 440 g/mol. The van der Waals surface area contributed by atoms with Gasteiger partial charge in [0.15, 0.2) is 12.4 Å². The third-order valence-electron chi connectivity index (χ3n) is 3.66. The molecule has 0 aliphatic rings. The summed E-state index contributed by atoms with van der Waals surface area (Å²) in [6.45, 7) is -0.602. The summed E-state index contributed by atoms with van der Waals surface area (Å²) >= 11 is 3.19. The van der Waals surface area contributed by atoms with E-state index >= 15 is 0 Å². The van der Waals surface area contributed by atoms with E-state index in [1.54, 1.807) is 30.3 Å². The number of carbonyl (C=O) groups is 2. The molecule has 0 saturated carbocycles. The smallest absolute Gasteiger partial charge is 0.342 e. The van der Waals surface area contributed by atoms with Gasteiger partial charge in [0.25, 0.3) is 5.91 Å². The zero-order valence-electron chi connectivity index (χ0n) is 14.3. The van der Waals surface area contributed by atoms with Crippen LogP contribution in [0.15, 0.2) is 59.2 Å². The van der Waals surface area contributed by atoms with Gasteiger partial charge in [-0.3, -0.25) is 4.79 Å². The minimum atomic E-state index is -0.856. The summed E-state index contributed by atoms with van der Waals surface area (Å²) < 4.78 is 6.93. The number of halogens is 1. The first-order valence-corrected chi connectivity index (χ1v) is 8.78. The summed E-state index contributed by atoms with van der Waals surface area (Å²) in [5, 5.41) is 25.6. The number of aromatic nitrogens is 2. The van der Waals surface area contributed by atoms with E-state index in [-0.39, 0.29) is 22.7 Å². The number of rotatable bonds is 5. The van der Waals surface area contributed by atoms with Gasteiger partial charge in [0, 0.05) is 4.47 Å². The van der Waals surface area contributed by atoms with Crippen LogP contribution in [0.2, 0.25) is 0 Å². The number of benzene rings is 2. The third-order valence-corrected chi connectivity index (χ3v) is 4.15. The van der Waals surface area contributed by atoms with Gasteiger partial charge in [0.05, 0.1) is 11.9 Å². The molecule has 0 radical (unpaired) electrons. The lowest BCUT2D eigenvalue weighted by Gasteiger charge is -2.10. The van der Waals surface area contributed by atoms with Gasteiger partial charge in [-0.15, -0.1) is 0 Å². The van der Waals surface area contributed by atoms with Crippen molar-refractivity contribution in [1.29, 1.82) is 5.26 Å². The van der Waals surface area contributed by atoms with Crippen molar-refractivity contribution in [3.63, 3.8) is 0 Å². The van der Waals surface area contributed by atoms with Crippen LogP contribution in [0.5, 0.6) is 5.75 Å². The molecule has 2 N–H and O–H groups in total. The van der Waals surface area contributed by atoms with Gasteiger partial charge in [-0.2, -0.15) is 10.4 Å². The van der Waals surface area contributed by atoms with Crippen LogP contribution in [0, 0.1) is 11.3 Å². The lowest BCUT2D eigenvalue weighted by Crippen LogP contribution is -2.23. The molecule has 2 aromatic carbocycles. The third kappa shape index (κ3) is 4.19. The van der Waals surface area contributed by atoms with E-state index in [1.807, 2.05) is 12.1 Å². The number of aromatic hydroxyl groups is 1. The summed E-state index contributed by atoms with van der Waals surface area (Å²) in [7, 11) is 0. The highest BCUT2D eigenvalue weighted by molar-refractivity contribution is 9.10. The SMILES string of the molecule is N#Cc1cnn(-c2ccccc2)c1NC(=O)COC(=O)c1cc(Br)ccc1O. The van der Waals surface area contributed by atoms with E-state index in [0.717, 1.165) is 0 Å². The lowest BCUT2D eigenvalue weighted by molar-refractivity contribution is -0.119. The van der Waals surface area contributed by atoms with Crippen LogP contribution in [0.4, 0.5) is 5.82 Å². The first-order chi connectivity index (χ1) is 13.5. The number of nitrogens with zero attached hydrogens (tertiary/aromatic N) is 3. The summed E-state index contributed by atoms with van der Waals surface area (Å²) in [5.41, 5.74) is 0.734. The molecular weight excluding hydrogens is 428 g/mol. The second-order valence-corrected chi connectivity index (χ2v) is 6.47. The molecule has 0 aliphatic carbocycles. The molecular formula is C19H13BrN4O4. The normalized spacial score (nSPS) is 10.1. The maximum absolute atomic E-state index is 12.2. The summed E-state index contributed by atoms with van der Waals surface area (Å²) in [6.07, 6.45) is 1.33. The molecule has 140 valence electrons. The van der Waals surface area contributed by atoms with E-state index in [0.29, 0.717) is 10.2 Å². The van der Waals surface area contributed by atoms with Crippen LogP contribution >= 0.6 is 15.9 Å². The number of nitriles is 1. The molecule has 0 fully saturated rings. The highest BCUT2D eigenvalue weighted by Crippen LogP contribution is 2.23. The van der Waals surface area contributed by atoms with E-state index in [9.17, 15) is 20.0 Å². The minimum absolute atomic E-state index is 0.0748. The Balaban J connectivity index is 1.72. The maximum Gasteiger partial charge on any atom is 0.342 e. The van der Waals surface area contributed by atoms with Crippen molar-refractivity contribution < 1.29 is 19.4 Å². The van der Waals surface area contributed by atoms with Crippen molar-refractivity contribution in [3.05, 3.63) is 70.3 Å². The number of hydrogen-bond acceptors (Lipinski definition) is 6. The molecule has 0 bridgehead atoms. The molecule has 8 nitrogen and oxygen atoms in total. The van der Waals surface area contributed by atoms with Gasteiger partial charge >= 0.3 is 5.97 Å². The van der Waals surface area contributed by atoms with Gasteiger partial charge in [0.1, 0.15) is 22.9 Å². The average Bonchev–Trinajstić information content (AvgIpc) is 3.11. The molecule has 3 rings (SSSR count). The van der Waals surface area contributed by atoms with Gasteiger partial charge in [-0.25, -0.2) is 9.48 Å². The second-order valence-electron chi connectivity index (χ2n) is 5.55. The fourth-order valence-electron chi connectivity index (χ4n) is 2.36. The van der Waals surface area contributed by atoms with Crippen LogP contribution in [-0.4, -0.2) is 33.4 Å². The van der Waals surface area contributed by atoms with Crippen molar-refractivity contribution in [2.45, 2.75) is 0 Å². The highest BCUT2D eigenvalue weighted by Gasteiger charge is 2.18. The first-order valence-electron chi connectivity index (χ1n) is 7.98. The Kier molecular flexibility index (Phi) is 5.72. The standard InChI is InChI=1S/C19H13BrN4O4/c20-13-6-7-16(25)15(8-13)19(27)28-11-17(26)23-18-12(9-21)10-22-24(18)14-4-2-1-3-5-14/h1-8,10,25H,11H2,(H,23,26). The molecule has 1 aromatic heterocycles. The number of anilines is 1. The van der Waals surface area contributed by atoms with Crippen molar-refractivity contribution in [3.8, 4) is 17.5 Å². The number of nitrogens with one attached hydrogen (secondary N) is 1. The average molecular weight is 441 g/mol. The highest BCUT2D eigenvalue weighted by atomic mass is 79.9. The van der Waals surface area contributed by atoms with Gasteiger partial charge in [-0.1, -0.05) is 34.1 Å². The van der Waals surface area contributed by atoms with E-state index in [4.69, 9.17) is 4.74 Å². The number of hydrogen-bond donors (Lipinski definition) is 2. The van der Waals surface area contributed by atoms with Gasteiger partial charge in [0.2, 0.25) is 0 Å². The van der Waals surface area contributed by atoms with E-state index < -0.39 is 18.5 Å². The predicted molar refractivity (Wildman–Crippen MR) is 103 cm³/mol. The van der Waals surface area contributed by atoms with Gasteiger partial charge < -0.3 is 15.2 Å². The molecule has 3 aromatic rings. The largest absolute Gasteiger partial charge is 0.507 e. The van der Waals surface area contributed by atoms with Crippen molar-refractivity contribution in [1.82, 2.24) is 9.78 Å². The van der Waals surface area contributed by atoms with Crippen LogP contribution < -0.4 is 5.32 Å². The summed E-state index contributed by atoms with van der Waals surface area (Å²) in [6, 6.07) is 15.2. The zero-order chi connectivity index (χ0) is 20.1. The Labute approximate surface area is 168 Å². The molecule has 0 spiro atoms. The molecule has 0 atom stereocenters. The van der Waals surface area contributed by atoms with E-state index in [2.05, 4.69) is 26.3 Å². The Bertz CT molecular complexity index is 1070. The zero-order valence-corrected chi connectivity index (χ0v) is 15.9. The number of esters is 1. The molecule has 0 saturated heterocycles. The molecule has 9 heteroatoms. The summed E-state index contributed by atoms with van der Waals surface area (Å²) in [5.74, 6) is -1.61. The number of carbonyl (C=O) groups excluding carboxylic acids is 2. The number of phenolic OH excluding ortho intramolecular Hbond substituents is 1. The Morgan fingerprint density at radius 1 is 1.25 bits per heavy atom. The van der Waals surface area contributed by atoms with Gasteiger partial charge in [-0.05, 0) is 30.3 Å². The van der Waals surface area contributed by atoms with Crippen molar-refractivity contribution in [2.75, 3.05) is 11.9 Å². The fourth-order valence-corrected chi connectivity index (χ4v) is 2.73. The molecule has 28 heavy (non-hydrogen) atoms. The topological polar surface area (TPSA) is 117 Å². The predicted octanol–water partition coefficient (Wildman–Crippen LogP) is 3.01. The van der Waals surface area contributed by atoms with Crippen LogP contribution in [-0.2, 0) is 9.53 Å². The Hall–Kier alpha value is -3.64. The minimum Gasteiger partial charge on any atom is -0.507 e. The van der Waals surface area contributed by atoms with E-state index in [1.165, 1.54) is 23.0 Å². The van der Waals surface area contributed by atoms with Crippen LogP contribution in [0.3, 0.4) is 0 Å². The lowest BCUT2D eigenvalue weighted by atomic mass is 10.2. The first kappa shape index (κ1) is 19.1. The number of para-hydroxylation sites is 1.